The number of benzene rings is 1. The number of para-hydroxylation sites is 1. The van der Waals surface area contributed by atoms with Gasteiger partial charge >= 0.3 is 0 Å². The summed E-state index contributed by atoms with van der Waals surface area (Å²) in [6, 6.07) is 10.9. The summed E-state index contributed by atoms with van der Waals surface area (Å²) >= 11 is 0. The topological polar surface area (TPSA) is 79.6 Å². The van der Waals surface area contributed by atoms with E-state index in [2.05, 4.69) is 10.4 Å². The van der Waals surface area contributed by atoms with Gasteiger partial charge in [0.2, 0.25) is 0 Å². The van der Waals surface area contributed by atoms with Gasteiger partial charge in [-0.25, -0.2) is 0 Å². The number of rotatable bonds is 6. The van der Waals surface area contributed by atoms with Crippen molar-refractivity contribution in [3.8, 4) is 5.75 Å². The zero-order chi connectivity index (χ0) is 19.6. The van der Waals surface area contributed by atoms with Crippen LogP contribution in [-0.2, 0) is 0 Å². The SMILES string of the molecule is CC(C)n1ccc(C(=O)N[C@@H]2C[C@@H](Oc3ccccc3)[C@H](O)[C@H]2N(C)C)n1. The van der Waals surface area contributed by atoms with E-state index < -0.39 is 12.2 Å². The van der Waals surface area contributed by atoms with Crippen LogP contribution in [0.4, 0.5) is 0 Å². The molecule has 1 amide bonds. The molecule has 0 aliphatic heterocycles. The van der Waals surface area contributed by atoms with Crippen LogP contribution >= 0.6 is 0 Å². The molecule has 1 saturated carbocycles. The lowest BCUT2D eigenvalue weighted by Crippen LogP contribution is -2.50. The molecule has 4 atom stereocenters. The molecule has 1 aromatic heterocycles. The lowest BCUT2D eigenvalue weighted by atomic mass is 10.1. The van der Waals surface area contributed by atoms with Gasteiger partial charge in [-0.1, -0.05) is 18.2 Å². The number of nitrogens with one attached hydrogen (secondary N) is 1. The molecule has 146 valence electrons. The van der Waals surface area contributed by atoms with E-state index in [-0.39, 0.29) is 24.0 Å². The predicted molar refractivity (Wildman–Crippen MR) is 103 cm³/mol. The van der Waals surface area contributed by atoms with Crippen LogP contribution in [0.25, 0.3) is 0 Å². The van der Waals surface area contributed by atoms with E-state index in [1.54, 1.807) is 16.9 Å². The molecule has 7 nitrogen and oxygen atoms in total. The summed E-state index contributed by atoms with van der Waals surface area (Å²) in [5, 5.41) is 18.1. The number of aliphatic hydroxyl groups excluding tert-OH is 1. The second kappa shape index (κ2) is 8.10. The highest BCUT2D eigenvalue weighted by atomic mass is 16.5. The molecule has 0 saturated heterocycles. The minimum absolute atomic E-state index is 0.193. The Kier molecular flexibility index (Phi) is 5.82. The monoisotopic (exact) mass is 372 g/mol. The Morgan fingerprint density at radius 1 is 1.30 bits per heavy atom. The van der Waals surface area contributed by atoms with Crippen LogP contribution in [-0.4, -0.2) is 64.1 Å². The fourth-order valence-electron chi connectivity index (χ4n) is 3.58. The summed E-state index contributed by atoms with van der Waals surface area (Å²) in [6.45, 7) is 4.02. The minimum Gasteiger partial charge on any atom is -0.488 e. The molecule has 0 radical (unpaired) electrons. The fraction of sp³-hybridized carbons (Fsp3) is 0.500. The van der Waals surface area contributed by atoms with Gasteiger partial charge in [0.05, 0.1) is 12.1 Å². The third kappa shape index (κ3) is 4.31. The molecule has 7 heteroatoms. The van der Waals surface area contributed by atoms with Crippen LogP contribution < -0.4 is 10.1 Å². The van der Waals surface area contributed by atoms with Gasteiger partial charge in [0.25, 0.3) is 5.91 Å². The van der Waals surface area contributed by atoms with E-state index in [0.717, 1.165) is 0 Å². The number of nitrogens with zero attached hydrogens (tertiary/aromatic N) is 3. The quantitative estimate of drug-likeness (QED) is 0.807. The number of amides is 1. The van der Waals surface area contributed by atoms with Crippen molar-refractivity contribution >= 4 is 5.91 Å². The van der Waals surface area contributed by atoms with Crippen molar-refractivity contribution in [2.24, 2.45) is 0 Å². The Morgan fingerprint density at radius 2 is 2.00 bits per heavy atom. The summed E-state index contributed by atoms with van der Waals surface area (Å²) in [5.41, 5.74) is 0.378. The molecule has 3 rings (SSSR count). The van der Waals surface area contributed by atoms with E-state index in [9.17, 15) is 9.90 Å². The minimum atomic E-state index is -0.710. The Hall–Kier alpha value is -2.38. The number of carbonyl (C=O) groups excluding carboxylic acids is 1. The summed E-state index contributed by atoms with van der Waals surface area (Å²) in [5.74, 6) is 0.473. The third-order valence-corrected chi connectivity index (χ3v) is 4.94. The predicted octanol–water partition coefficient (Wildman–Crippen LogP) is 1.70. The van der Waals surface area contributed by atoms with Crippen molar-refractivity contribution in [2.75, 3.05) is 14.1 Å². The average Bonchev–Trinajstić information content (AvgIpc) is 3.22. The molecule has 1 aromatic carbocycles. The van der Waals surface area contributed by atoms with Crippen LogP contribution in [0.3, 0.4) is 0 Å². The molecule has 1 aliphatic rings. The molecular weight excluding hydrogens is 344 g/mol. The number of aliphatic hydroxyl groups is 1. The highest BCUT2D eigenvalue weighted by molar-refractivity contribution is 5.92. The van der Waals surface area contributed by atoms with Crippen molar-refractivity contribution in [1.29, 1.82) is 0 Å². The second-order valence-corrected chi connectivity index (χ2v) is 7.50. The zero-order valence-electron chi connectivity index (χ0n) is 16.2. The maximum absolute atomic E-state index is 12.6. The largest absolute Gasteiger partial charge is 0.488 e. The maximum Gasteiger partial charge on any atom is 0.272 e. The molecule has 0 unspecified atom stereocenters. The van der Waals surface area contributed by atoms with Gasteiger partial charge in [-0.2, -0.15) is 5.10 Å². The highest BCUT2D eigenvalue weighted by Crippen LogP contribution is 2.28. The summed E-state index contributed by atoms with van der Waals surface area (Å²) in [4.78, 5) is 14.6. The van der Waals surface area contributed by atoms with E-state index in [1.807, 2.05) is 63.2 Å². The summed E-state index contributed by atoms with van der Waals surface area (Å²) < 4.78 is 7.73. The van der Waals surface area contributed by atoms with Crippen molar-refractivity contribution in [2.45, 2.75) is 50.6 Å². The lowest BCUT2D eigenvalue weighted by Gasteiger charge is -2.29. The van der Waals surface area contributed by atoms with E-state index in [1.165, 1.54) is 0 Å². The number of ether oxygens (including phenoxy) is 1. The summed E-state index contributed by atoms with van der Waals surface area (Å²) in [6.07, 6.45) is 1.22. The molecule has 1 heterocycles. The van der Waals surface area contributed by atoms with E-state index in [4.69, 9.17) is 4.74 Å². The van der Waals surface area contributed by atoms with Gasteiger partial charge in [-0.15, -0.1) is 0 Å². The van der Waals surface area contributed by atoms with Gasteiger partial charge in [0.15, 0.2) is 0 Å². The molecule has 1 aliphatic carbocycles. The Bertz CT molecular complexity index is 760. The maximum atomic E-state index is 12.6. The Balaban J connectivity index is 1.71. The molecule has 27 heavy (non-hydrogen) atoms. The molecule has 0 spiro atoms. The van der Waals surface area contributed by atoms with Gasteiger partial charge in [0.1, 0.15) is 23.7 Å². The number of likely N-dealkylation sites (N-methyl/N-ethyl adjacent to an activating group) is 1. The molecule has 2 aromatic rings. The Morgan fingerprint density at radius 3 is 2.59 bits per heavy atom. The van der Waals surface area contributed by atoms with Crippen LogP contribution in [0, 0.1) is 0 Å². The van der Waals surface area contributed by atoms with Gasteiger partial charge in [-0.3, -0.25) is 9.48 Å². The number of aromatic nitrogens is 2. The van der Waals surface area contributed by atoms with Crippen LogP contribution in [0.15, 0.2) is 42.6 Å². The fourth-order valence-corrected chi connectivity index (χ4v) is 3.58. The van der Waals surface area contributed by atoms with Gasteiger partial charge in [0, 0.05) is 18.7 Å². The van der Waals surface area contributed by atoms with Gasteiger partial charge in [-0.05, 0) is 46.1 Å². The Labute approximate surface area is 159 Å². The molecular formula is C20H28N4O3. The summed E-state index contributed by atoms with van der Waals surface area (Å²) in [7, 11) is 3.79. The normalized spacial score (nSPS) is 25.1. The molecule has 2 N–H and O–H groups in total. The van der Waals surface area contributed by atoms with Crippen LogP contribution in [0.5, 0.6) is 5.75 Å². The molecule has 1 fully saturated rings. The number of carbonyl (C=O) groups is 1. The number of hydrogen-bond donors (Lipinski definition) is 2. The van der Waals surface area contributed by atoms with Crippen molar-refractivity contribution in [1.82, 2.24) is 20.0 Å². The van der Waals surface area contributed by atoms with Crippen LogP contribution in [0.1, 0.15) is 36.8 Å². The first-order valence-corrected chi connectivity index (χ1v) is 9.29. The van der Waals surface area contributed by atoms with E-state index in [0.29, 0.717) is 17.9 Å². The first kappa shape index (κ1) is 19.4. The average molecular weight is 372 g/mol. The van der Waals surface area contributed by atoms with Crippen LogP contribution in [0.2, 0.25) is 0 Å². The van der Waals surface area contributed by atoms with Crippen molar-refractivity contribution in [3.63, 3.8) is 0 Å². The zero-order valence-corrected chi connectivity index (χ0v) is 16.2. The van der Waals surface area contributed by atoms with Crippen molar-refractivity contribution in [3.05, 3.63) is 48.3 Å². The highest BCUT2D eigenvalue weighted by Gasteiger charge is 2.45. The number of hydrogen-bond acceptors (Lipinski definition) is 5. The first-order valence-electron chi connectivity index (χ1n) is 9.29. The smallest absolute Gasteiger partial charge is 0.272 e. The van der Waals surface area contributed by atoms with E-state index >= 15 is 0 Å². The first-order chi connectivity index (χ1) is 12.9. The third-order valence-electron chi connectivity index (χ3n) is 4.94. The standard InChI is InChI=1S/C20H28N4O3/c1-13(2)24-11-10-15(22-24)20(26)21-16-12-17(19(25)18(16)23(3)4)27-14-8-6-5-7-9-14/h5-11,13,16-19,25H,12H2,1-4H3,(H,21,26)/t16-,17-,18+,19+/m1/s1. The lowest BCUT2D eigenvalue weighted by molar-refractivity contribution is 0.0210. The van der Waals surface area contributed by atoms with Gasteiger partial charge < -0.3 is 20.1 Å². The van der Waals surface area contributed by atoms with Crippen molar-refractivity contribution < 1.29 is 14.6 Å². The molecule has 0 bridgehead atoms. The second-order valence-electron chi connectivity index (χ2n) is 7.50.